The van der Waals surface area contributed by atoms with E-state index in [1.165, 1.54) is 12.8 Å². The fourth-order valence-corrected chi connectivity index (χ4v) is 4.04. The molecule has 1 saturated carbocycles. The highest BCUT2D eigenvalue weighted by Crippen LogP contribution is 2.31. The Bertz CT molecular complexity index is 381. The van der Waals surface area contributed by atoms with Gasteiger partial charge in [-0.05, 0) is 53.0 Å². The lowest BCUT2D eigenvalue weighted by Crippen LogP contribution is -2.46. The van der Waals surface area contributed by atoms with Crippen molar-refractivity contribution in [3.8, 4) is 0 Å². The largest absolute Gasteiger partial charge is 0.354 e. The van der Waals surface area contributed by atoms with Gasteiger partial charge >= 0.3 is 0 Å². The molecule has 3 atom stereocenters. The summed E-state index contributed by atoms with van der Waals surface area (Å²) in [7, 11) is 0. The number of nitrogens with zero attached hydrogens (tertiary/aromatic N) is 1. The fourth-order valence-electron chi connectivity index (χ4n) is 4.04. The summed E-state index contributed by atoms with van der Waals surface area (Å²) in [6.07, 6.45) is 6.29. The van der Waals surface area contributed by atoms with Crippen molar-refractivity contribution >= 4 is 11.7 Å². The van der Waals surface area contributed by atoms with Gasteiger partial charge in [-0.15, -0.1) is 0 Å². The number of ketones is 1. The van der Waals surface area contributed by atoms with Gasteiger partial charge < -0.3 is 5.32 Å². The van der Waals surface area contributed by atoms with Crippen LogP contribution in [0.1, 0.15) is 59.3 Å². The number of hydrogen-bond acceptors (Lipinski definition) is 3. The average molecular weight is 294 g/mol. The van der Waals surface area contributed by atoms with Crippen LogP contribution in [0.4, 0.5) is 0 Å². The number of likely N-dealkylation sites (tertiary alicyclic amines) is 1. The standard InChI is InChI=1S/C17H30N2O2/c1-12(2)19-10-6-7-14(19)11-18-17(21)16-9-5-4-8-15(16)13(3)20/h12,14-16H,4-11H2,1-3H3,(H,18,21). The van der Waals surface area contributed by atoms with E-state index in [0.29, 0.717) is 12.1 Å². The minimum Gasteiger partial charge on any atom is -0.354 e. The second-order valence-electron chi connectivity index (χ2n) is 6.98. The predicted molar refractivity (Wildman–Crippen MR) is 84.0 cm³/mol. The van der Waals surface area contributed by atoms with Gasteiger partial charge in [-0.1, -0.05) is 12.8 Å². The van der Waals surface area contributed by atoms with Crippen molar-refractivity contribution in [2.24, 2.45) is 11.8 Å². The van der Waals surface area contributed by atoms with Gasteiger partial charge in [-0.3, -0.25) is 14.5 Å². The number of hydrogen-bond donors (Lipinski definition) is 1. The van der Waals surface area contributed by atoms with E-state index in [2.05, 4.69) is 24.1 Å². The minimum absolute atomic E-state index is 0.0523. The summed E-state index contributed by atoms with van der Waals surface area (Å²) in [5.41, 5.74) is 0. The van der Waals surface area contributed by atoms with E-state index in [-0.39, 0.29) is 23.5 Å². The van der Waals surface area contributed by atoms with Gasteiger partial charge in [0, 0.05) is 30.5 Å². The Labute approximate surface area is 128 Å². The normalized spacial score (nSPS) is 30.6. The van der Waals surface area contributed by atoms with E-state index in [9.17, 15) is 9.59 Å². The van der Waals surface area contributed by atoms with Crippen molar-refractivity contribution in [1.82, 2.24) is 10.2 Å². The highest BCUT2D eigenvalue weighted by Gasteiger charge is 2.34. The first-order valence-electron chi connectivity index (χ1n) is 8.54. The summed E-state index contributed by atoms with van der Waals surface area (Å²) in [4.78, 5) is 26.7. The van der Waals surface area contributed by atoms with Crippen LogP contribution in [0.3, 0.4) is 0 Å². The highest BCUT2D eigenvalue weighted by atomic mass is 16.2. The maximum absolute atomic E-state index is 12.5. The van der Waals surface area contributed by atoms with Crippen LogP contribution in [0.5, 0.6) is 0 Å². The Morgan fingerprint density at radius 2 is 1.76 bits per heavy atom. The van der Waals surface area contributed by atoms with Gasteiger partial charge in [0.2, 0.25) is 5.91 Å². The molecule has 0 bridgehead atoms. The molecule has 3 unspecified atom stereocenters. The second kappa shape index (κ2) is 7.39. The van der Waals surface area contributed by atoms with Gasteiger partial charge in [0.25, 0.3) is 0 Å². The third kappa shape index (κ3) is 4.06. The average Bonchev–Trinajstić information content (AvgIpc) is 2.93. The zero-order valence-electron chi connectivity index (χ0n) is 13.7. The Balaban J connectivity index is 1.87. The molecule has 1 heterocycles. The first kappa shape index (κ1) is 16.5. The monoisotopic (exact) mass is 294 g/mol. The van der Waals surface area contributed by atoms with Crippen LogP contribution in [-0.2, 0) is 9.59 Å². The molecule has 21 heavy (non-hydrogen) atoms. The summed E-state index contributed by atoms with van der Waals surface area (Å²) < 4.78 is 0. The molecule has 0 spiro atoms. The molecule has 120 valence electrons. The Morgan fingerprint density at radius 1 is 1.10 bits per heavy atom. The van der Waals surface area contributed by atoms with Gasteiger partial charge in [0.05, 0.1) is 0 Å². The molecular weight excluding hydrogens is 264 g/mol. The van der Waals surface area contributed by atoms with Gasteiger partial charge in [-0.2, -0.15) is 0 Å². The molecule has 4 heteroatoms. The highest BCUT2D eigenvalue weighted by molar-refractivity contribution is 5.87. The van der Waals surface area contributed by atoms with E-state index in [0.717, 1.165) is 38.8 Å². The molecule has 0 aromatic heterocycles. The van der Waals surface area contributed by atoms with Crippen molar-refractivity contribution in [3.63, 3.8) is 0 Å². The lowest BCUT2D eigenvalue weighted by atomic mass is 9.77. The zero-order valence-corrected chi connectivity index (χ0v) is 13.7. The summed E-state index contributed by atoms with van der Waals surface area (Å²) in [6.45, 7) is 7.93. The predicted octanol–water partition coefficient (Wildman–Crippen LogP) is 2.37. The molecule has 1 saturated heterocycles. The number of Topliss-reactive ketones (excluding diaryl/α,β-unsaturated/α-hetero) is 1. The third-order valence-corrected chi connectivity index (χ3v) is 5.22. The van der Waals surface area contributed by atoms with Crippen LogP contribution < -0.4 is 5.32 Å². The first-order chi connectivity index (χ1) is 10.0. The van der Waals surface area contributed by atoms with Crippen LogP contribution in [0.25, 0.3) is 0 Å². The quantitative estimate of drug-likeness (QED) is 0.847. The maximum Gasteiger partial charge on any atom is 0.223 e. The molecular formula is C17H30N2O2. The van der Waals surface area contributed by atoms with Crippen LogP contribution in [0, 0.1) is 11.8 Å². The Kier molecular flexibility index (Phi) is 5.80. The van der Waals surface area contributed by atoms with Crippen molar-refractivity contribution < 1.29 is 9.59 Å². The second-order valence-corrected chi connectivity index (χ2v) is 6.98. The molecule has 2 fully saturated rings. The van der Waals surface area contributed by atoms with Crippen molar-refractivity contribution in [2.75, 3.05) is 13.1 Å². The number of rotatable bonds is 5. The van der Waals surface area contributed by atoms with Crippen molar-refractivity contribution in [3.05, 3.63) is 0 Å². The Hall–Kier alpha value is -0.900. The molecule has 1 amide bonds. The lowest BCUT2D eigenvalue weighted by Gasteiger charge is -2.31. The van der Waals surface area contributed by atoms with Crippen LogP contribution >= 0.6 is 0 Å². The lowest BCUT2D eigenvalue weighted by molar-refractivity contribution is -0.134. The van der Waals surface area contributed by atoms with Crippen LogP contribution in [0.2, 0.25) is 0 Å². The van der Waals surface area contributed by atoms with E-state index >= 15 is 0 Å². The van der Waals surface area contributed by atoms with Gasteiger partial charge in [0.1, 0.15) is 5.78 Å². The van der Waals surface area contributed by atoms with Gasteiger partial charge in [-0.25, -0.2) is 0 Å². The summed E-state index contributed by atoms with van der Waals surface area (Å²) in [5.74, 6) is 0.138. The topological polar surface area (TPSA) is 49.4 Å². The Morgan fingerprint density at radius 3 is 2.38 bits per heavy atom. The summed E-state index contributed by atoms with van der Waals surface area (Å²) in [5, 5.41) is 3.13. The third-order valence-electron chi connectivity index (χ3n) is 5.22. The van der Waals surface area contributed by atoms with Gasteiger partial charge in [0.15, 0.2) is 0 Å². The van der Waals surface area contributed by atoms with E-state index in [4.69, 9.17) is 0 Å². The zero-order chi connectivity index (χ0) is 15.4. The molecule has 0 aromatic rings. The smallest absolute Gasteiger partial charge is 0.223 e. The molecule has 2 rings (SSSR count). The van der Waals surface area contributed by atoms with Crippen molar-refractivity contribution in [1.29, 1.82) is 0 Å². The van der Waals surface area contributed by atoms with E-state index in [1.807, 2.05) is 0 Å². The molecule has 0 radical (unpaired) electrons. The van der Waals surface area contributed by atoms with Crippen LogP contribution in [-0.4, -0.2) is 41.8 Å². The summed E-state index contributed by atoms with van der Waals surface area (Å²) >= 11 is 0. The summed E-state index contributed by atoms with van der Waals surface area (Å²) in [6, 6.07) is 1.00. The molecule has 1 N–H and O–H groups in total. The van der Waals surface area contributed by atoms with E-state index < -0.39 is 0 Å². The molecule has 4 nitrogen and oxygen atoms in total. The first-order valence-corrected chi connectivity index (χ1v) is 8.54. The van der Waals surface area contributed by atoms with E-state index in [1.54, 1.807) is 6.92 Å². The molecule has 2 aliphatic rings. The fraction of sp³-hybridized carbons (Fsp3) is 0.882. The minimum atomic E-state index is -0.0925. The number of carbonyl (C=O) groups excluding carboxylic acids is 2. The molecule has 1 aliphatic carbocycles. The SMILES string of the molecule is CC(=O)C1CCCCC1C(=O)NCC1CCCN1C(C)C. The van der Waals surface area contributed by atoms with Crippen LogP contribution in [0.15, 0.2) is 0 Å². The molecule has 0 aromatic carbocycles. The van der Waals surface area contributed by atoms with Crippen molar-refractivity contribution in [2.45, 2.75) is 71.4 Å². The number of amides is 1. The number of carbonyl (C=O) groups is 2. The molecule has 1 aliphatic heterocycles. The maximum atomic E-state index is 12.5. The number of nitrogens with one attached hydrogen (secondary N) is 1.